The van der Waals surface area contributed by atoms with Crippen LogP contribution in [0.15, 0.2) is 146 Å². The quantitative estimate of drug-likeness (QED) is 0.0340. The van der Waals surface area contributed by atoms with Crippen LogP contribution in [-0.4, -0.2) is 21.8 Å². The van der Waals surface area contributed by atoms with Crippen molar-refractivity contribution in [1.82, 2.24) is 4.98 Å². The van der Waals surface area contributed by atoms with Gasteiger partial charge in [-0.15, -0.1) is 0 Å². The summed E-state index contributed by atoms with van der Waals surface area (Å²) in [6.45, 7) is 0.0663. The molecule has 82 heavy (non-hydrogen) atoms. The monoisotopic (exact) mass is 1200 g/mol. The summed E-state index contributed by atoms with van der Waals surface area (Å²) in [6.07, 6.45) is -50.2. The zero-order valence-corrected chi connectivity index (χ0v) is 39.7. The predicted octanol–water partition coefficient (Wildman–Crippen LogP) is 14.2. The van der Waals surface area contributed by atoms with Crippen LogP contribution in [-0.2, 0) is 56.0 Å². The fourth-order valence-electron chi connectivity index (χ4n) is 8.31. The van der Waals surface area contributed by atoms with E-state index in [9.17, 15) is 120 Å². The maximum absolute atomic E-state index is 14.2. The second-order valence-corrected chi connectivity index (χ2v) is 17.4. The lowest BCUT2D eigenvalue weighted by Gasteiger charge is -2.46. The number of ether oxygens (including phenoxy) is 1. The van der Waals surface area contributed by atoms with Gasteiger partial charge < -0.3 is 4.74 Å². The minimum atomic E-state index is -6.13. The first kappa shape index (κ1) is 62.8. The highest BCUT2D eigenvalue weighted by atomic mass is 19.4. The van der Waals surface area contributed by atoms with Crippen molar-refractivity contribution < 1.29 is 124 Å². The van der Waals surface area contributed by atoms with Gasteiger partial charge in [0.25, 0.3) is 5.69 Å². The molecule has 436 valence electrons. The number of carbonyl (C=O) groups excluding carboxylic acids is 1. The van der Waals surface area contributed by atoms with Gasteiger partial charge in [0.2, 0.25) is 12.3 Å². The third-order valence-electron chi connectivity index (χ3n) is 11.9. The van der Waals surface area contributed by atoms with Gasteiger partial charge in [0.15, 0.2) is 6.20 Å². The van der Waals surface area contributed by atoms with Gasteiger partial charge in [0.05, 0.1) is 61.7 Å². The lowest BCUT2D eigenvalue weighted by Crippen LogP contribution is -2.75. The Morgan fingerprint density at radius 3 is 1.06 bits per heavy atom. The van der Waals surface area contributed by atoms with Crippen molar-refractivity contribution in [2.45, 2.75) is 56.0 Å². The van der Waals surface area contributed by atoms with Crippen molar-refractivity contribution in [3.63, 3.8) is 0 Å². The summed E-state index contributed by atoms with van der Waals surface area (Å²) >= 11 is 0. The number of carbonyl (C=O) groups is 1. The van der Waals surface area contributed by atoms with Crippen molar-refractivity contribution in [2.75, 3.05) is 0 Å². The molecule has 0 aliphatic rings. The van der Waals surface area contributed by atoms with E-state index in [0.29, 0.717) is 17.2 Å². The first-order valence-electron chi connectivity index (χ1n) is 22.1. The zero-order chi connectivity index (χ0) is 61.6. The highest BCUT2D eigenvalue weighted by molar-refractivity contribution is 7.20. The van der Waals surface area contributed by atoms with Gasteiger partial charge in [-0.1, -0.05) is 84.9 Å². The number of hydrogen-bond acceptors (Lipinski definition) is 5. The van der Waals surface area contributed by atoms with E-state index in [0.717, 1.165) is 0 Å². The lowest BCUT2D eigenvalue weighted by atomic mass is 9.12. The van der Waals surface area contributed by atoms with Crippen molar-refractivity contribution in [2.24, 2.45) is 0 Å². The molecule has 1 heterocycles. The highest BCUT2D eigenvalue weighted by Crippen LogP contribution is 2.41. The Morgan fingerprint density at radius 1 is 0.451 bits per heavy atom. The standard InChI is InChI=1S/C32H12BF24.C18H14N3O4/c34-25(35,36)13-1-14(26(37,38)39)6-21(5-13)33(22-7-15(27(40,41)42)2-16(8-22)28(43,44)45,23-9-17(29(46,47)48)3-18(10-23)30(49,50)51)24-11-19(31(52,53)54)4-20(12-24)32(55,56)57;22-17(14-5-2-1-3-6-14)13-20-10-9-19-12-18(20)25-16-8-4-7-15(11-16)21(23)24/h1-12H;1-12H,13H2/q-1;+1. The molecule has 7 aromatic rings. The van der Waals surface area contributed by atoms with Crippen LogP contribution in [0.4, 0.5) is 111 Å². The van der Waals surface area contributed by atoms with Crippen molar-refractivity contribution in [1.29, 1.82) is 0 Å². The number of alkyl halides is 24. The number of nitro benzene ring substituents is 1. The second kappa shape index (κ2) is 22.2. The van der Waals surface area contributed by atoms with Gasteiger partial charge in [0.1, 0.15) is 18.1 Å². The number of halogens is 24. The average Bonchev–Trinajstić information content (AvgIpc) is 1.98. The third kappa shape index (κ3) is 14.6. The molecular weight excluding hydrogens is 1170 g/mol. The molecule has 6 aromatic carbocycles. The molecule has 0 radical (unpaired) electrons. The first-order chi connectivity index (χ1) is 37.4. The number of rotatable bonds is 10. The average molecular weight is 1200 g/mol. The van der Waals surface area contributed by atoms with E-state index < -0.39 is 200 Å². The minimum absolute atomic E-state index is 0.0663. The van der Waals surface area contributed by atoms with Crippen LogP contribution in [0.1, 0.15) is 54.9 Å². The molecular formula is C50H26BF24N3O4. The van der Waals surface area contributed by atoms with Gasteiger partial charge >= 0.3 is 55.3 Å². The molecule has 0 amide bonds. The Hall–Kier alpha value is -8.35. The molecule has 0 fully saturated rings. The van der Waals surface area contributed by atoms with E-state index in [4.69, 9.17) is 4.74 Å². The molecule has 0 saturated heterocycles. The topological polar surface area (TPSA) is 86.2 Å². The van der Waals surface area contributed by atoms with E-state index in [1.54, 1.807) is 47.3 Å². The van der Waals surface area contributed by atoms with Gasteiger partial charge in [-0.2, -0.15) is 132 Å². The molecule has 0 aliphatic carbocycles. The van der Waals surface area contributed by atoms with E-state index in [-0.39, 0.29) is 18.0 Å². The van der Waals surface area contributed by atoms with Crippen LogP contribution in [0.2, 0.25) is 0 Å². The molecule has 0 aliphatic heterocycles. The molecule has 7 nitrogen and oxygen atoms in total. The summed E-state index contributed by atoms with van der Waals surface area (Å²) < 4.78 is 348. The number of benzene rings is 6. The number of nitro groups is 1. The number of Topliss-reactive ketones (excluding diaryl/α,β-unsaturated/α-hetero) is 1. The summed E-state index contributed by atoms with van der Waals surface area (Å²) in [7, 11) is 0. The molecule has 0 atom stereocenters. The van der Waals surface area contributed by atoms with E-state index in [1.165, 1.54) is 24.4 Å². The summed E-state index contributed by atoms with van der Waals surface area (Å²) in [6, 6.07) is 5.93. The summed E-state index contributed by atoms with van der Waals surface area (Å²) in [5, 5.41) is 10.9. The Morgan fingerprint density at radius 2 is 0.768 bits per heavy atom. The van der Waals surface area contributed by atoms with E-state index in [1.807, 2.05) is 6.07 Å². The van der Waals surface area contributed by atoms with Crippen molar-refractivity contribution in [3.05, 3.63) is 206 Å². The Balaban J connectivity index is 0.000000357. The minimum Gasteiger partial charge on any atom is -0.404 e. The number of nitrogens with zero attached hydrogens (tertiary/aromatic N) is 3. The Kier molecular flexibility index (Phi) is 17.0. The maximum Gasteiger partial charge on any atom is 0.416 e. The molecule has 1 aromatic heterocycles. The summed E-state index contributed by atoms with van der Waals surface area (Å²) in [4.78, 5) is 26.7. The largest absolute Gasteiger partial charge is 0.416 e. The van der Waals surface area contributed by atoms with E-state index in [2.05, 4.69) is 4.98 Å². The van der Waals surface area contributed by atoms with Gasteiger partial charge in [-0.05, 0) is 30.3 Å². The third-order valence-corrected chi connectivity index (χ3v) is 11.9. The van der Waals surface area contributed by atoms with Crippen LogP contribution in [0.25, 0.3) is 0 Å². The molecule has 7 rings (SSSR count). The van der Waals surface area contributed by atoms with Crippen LogP contribution in [0.5, 0.6) is 11.6 Å². The van der Waals surface area contributed by atoms with Crippen LogP contribution >= 0.6 is 0 Å². The summed E-state index contributed by atoms with van der Waals surface area (Å²) in [5.41, 5.74) is -29.7. The normalized spacial score (nSPS) is 13.1. The van der Waals surface area contributed by atoms with Crippen LogP contribution < -0.4 is 31.2 Å². The highest BCUT2D eigenvalue weighted by Gasteiger charge is 2.47. The Labute approximate surface area is 442 Å². The van der Waals surface area contributed by atoms with Gasteiger partial charge in [0, 0.05) is 11.6 Å². The maximum atomic E-state index is 14.2. The number of ketones is 1. The molecule has 0 saturated carbocycles. The van der Waals surface area contributed by atoms with E-state index >= 15 is 0 Å². The van der Waals surface area contributed by atoms with Gasteiger partial charge in [-0.25, -0.2) is 4.98 Å². The fraction of sp³-hybridized carbons (Fsp3) is 0.180. The first-order valence-corrected chi connectivity index (χ1v) is 22.1. The molecule has 32 heteroatoms. The molecule has 0 spiro atoms. The van der Waals surface area contributed by atoms with Crippen molar-refractivity contribution >= 4 is 39.5 Å². The predicted molar refractivity (Wildman–Crippen MR) is 238 cm³/mol. The molecule has 0 bridgehead atoms. The van der Waals surface area contributed by atoms with Crippen LogP contribution in [0, 0.1) is 10.1 Å². The zero-order valence-electron chi connectivity index (χ0n) is 39.7. The van der Waals surface area contributed by atoms with Crippen molar-refractivity contribution in [3.8, 4) is 11.6 Å². The van der Waals surface area contributed by atoms with Gasteiger partial charge in [-0.3, -0.25) is 14.9 Å². The van der Waals surface area contributed by atoms with Crippen LogP contribution in [0.3, 0.4) is 0 Å². The molecule has 0 N–H and O–H groups in total. The fourth-order valence-corrected chi connectivity index (χ4v) is 8.31. The Bertz CT molecular complexity index is 3060. The number of non-ortho nitro benzene ring substituents is 1. The number of hydrogen-bond donors (Lipinski definition) is 0. The molecule has 0 unspecified atom stereocenters. The second-order valence-electron chi connectivity index (χ2n) is 17.4. The SMILES string of the molecule is FC(F)(F)c1cc([B-](c2cc(C(F)(F)F)cc(C(F)(F)F)c2)(c2cc(C(F)(F)F)cc(C(F)(F)F)c2)c2cc(C(F)(F)F)cc(C(F)(F)F)c2)cc(C(F)(F)F)c1.O=C(C[n+]1ccncc1Oc1cccc([N+](=O)[O-])c1)c1ccccc1. The smallest absolute Gasteiger partial charge is 0.404 e. The summed E-state index contributed by atoms with van der Waals surface area (Å²) in [5.74, 6) is 0.524. The lowest BCUT2D eigenvalue weighted by molar-refractivity contribution is -0.687. The number of aromatic nitrogens is 2.